The van der Waals surface area contributed by atoms with E-state index < -0.39 is 11.4 Å². The van der Waals surface area contributed by atoms with Gasteiger partial charge in [0.25, 0.3) is 0 Å². The molecule has 0 saturated heterocycles. The Morgan fingerprint density at radius 1 is 1.21 bits per heavy atom. The average molecular weight is 402 g/mol. The van der Waals surface area contributed by atoms with Crippen LogP contribution >= 0.6 is 11.6 Å². The zero-order chi connectivity index (χ0) is 20.1. The molecule has 2 aromatic carbocycles. The van der Waals surface area contributed by atoms with Crippen LogP contribution in [0, 0.1) is 5.82 Å². The second-order valence-electron chi connectivity index (χ2n) is 6.29. The van der Waals surface area contributed by atoms with Crippen LogP contribution in [0.1, 0.15) is 23.6 Å². The van der Waals surface area contributed by atoms with Crippen molar-refractivity contribution in [2.24, 2.45) is 0 Å². The Bertz CT molecular complexity index is 1040. The fraction of sp³-hybridized carbons (Fsp3) is 0.238. The summed E-state index contributed by atoms with van der Waals surface area (Å²) in [7, 11) is 1.42. The minimum atomic E-state index is -0.476. The number of nitrogens with zero attached hydrogens (tertiary/aromatic N) is 2. The van der Waals surface area contributed by atoms with Crippen LogP contribution in [0.5, 0.6) is 5.75 Å². The van der Waals surface area contributed by atoms with Gasteiger partial charge in [0.15, 0.2) is 0 Å². The molecular weight excluding hydrogens is 381 g/mol. The Morgan fingerprint density at radius 2 is 1.96 bits per heavy atom. The van der Waals surface area contributed by atoms with Gasteiger partial charge in [-0.15, -0.1) is 0 Å². The van der Waals surface area contributed by atoms with Gasteiger partial charge in [-0.2, -0.15) is 4.98 Å². The van der Waals surface area contributed by atoms with Gasteiger partial charge in [-0.3, -0.25) is 4.79 Å². The SMILES string of the molecule is CCc1ccccc1CNc1nc(=O)c(OC)cn1Cc1ccc(F)c(Cl)c1. The second-order valence-corrected chi connectivity index (χ2v) is 6.70. The lowest BCUT2D eigenvalue weighted by Crippen LogP contribution is -2.20. The standard InChI is InChI=1S/C21H21ClFN3O2/c1-3-15-6-4-5-7-16(15)11-24-21-25-20(27)19(28-2)13-26(21)12-14-8-9-18(23)17(22)10-14/h4-10,13H,3,11-12H2,1-2H3,(H,24,25,27). The summed E-state index contributed by atoms with van der Waals surface area (Å²) in [6, 6.07) is 12.6. The Labute approximate surface area is 167 Å². The normalized spacial score (nSPS) is 10.7. The predicted octanol–water partition coefficient (Wildman–Crippen LogP) is 4.27. The maximum Gasteiger partial charge on any atom is 0.316 e. The summed E-state index contributed by atoms with van der Waals surface area (Å²) in [6.45, 7) is 2.97. The first-order valence-corrected chi connectivity index (χ1v) is 9.29. The number of hydrogen-bond donors (Lipinski definition) is 1. The Kier molecular flexibility index (Phi) is 6.31. The van der Waals surface area contributed by atoms with Crippen LogP contribution < -0.4 is 15.6 Å². The number of benzene rings is 2. The molecule has 1 heterocycles. The third kappa shape index (κ3) is 4.51. The van der Waals surface area contributed by atoms with E-state index in [9.17, 15) is 9.18 Å². The van der Waals surface area contributed by atoms with E-state index >= 15 is 0 Å². The van der Waals surface area contributed by atoms with Gasteiger partial charge in [-0.25, -0.2) is 4.39 Å². The van der Waals surface area contributed by atoms with Gasteiger partial charge >= 0.3 is 5.56 Å². The number of nitrogens with one attached hydrogen (secondary N) is 1. The molecule has 146 valence electrons. The quantitative estimate of drug-likeness (QED) is 0.642. The summed E-state index contributed by atoms with van der Waals surface area (Å²) in [5.41, 5.74) is 2.67. The van der Waals surface area contributed by atoms with E-state index in [-0.39, 0.29) is 10.8 Å². The predicted molar refractivity (Wildman–Crippen MR) is 109 cm³/mol. The van der Waals surface area contributed by atoms with Crippen molar-refractivity contribution in [3.05, 3.63) is 86.5 Å². The van der Waals surface area contributed by atoms with Crippen LogP contribution in [0.15, 0.2) is 53.5 Å². The molecule has 0 aliphatic rings. The fourth-order valence-electron chi connectivity index (χ4n) is 2.96. The first-order valence-electron chi connectivity index (χ1n) is 8.92. The first kappa shape index (κ1) is 19.9. The molecule has 3 aromatic rings. The van der Waals surface area contributed by atoms with Crippen molar-refractivity contribution in [2.45, 2.75) is 26.4 Å². The monoisotopic (exact) mass is 401 g/mol. The molecule has 5 nitrogen and oxygen atoms in total. The van der Waals surface area contributed by atoms with Gasteiger partial charge in [0, 0.05) is 6.54 Å². The average Bonchev–Trinajstić information content (AvgIpc) is 2.70. The van der Waals surface area contributed by atoms with E-state index in [1.54, 1.807) is 22.9 Å². The highest BCUT2D eigenvalue weighted by molar-refractivity contribution is 6.30. The van der Waals surface area contributed by atoms with Crippen molar-refractivity contribution in [3.63, 3.8) is 0 Å². The second kappa shape index (κ2) is 8.89. The number of aryl methyl sites for hydroxylation is 1. The van der Waals surface area contributed by atoms with Crippen molar-refractivity contribution < 1.29 is 9.13 Å². The highest BCUT2D eigenvalue weighted by atomic mass is 35.5. The van der Waals surface area contributed by atoms with Crippen molar-refractivity contribution >= 4 is 17.5 Å². The van der Waals surface area contributed by atoms with Gasteiger partial charge in [0.1, 0.15) is 5.82 Å². The van der Waals surface area contributed by atoms with E-state index in [0.29, 0.717) is 19.0 Å². The smallest absolute Gasteiger partial charge is 0.316 e. The molecule has 0 bridgehead atoms. The number of rotatable bonds is 7. The van der Waals surface area contributed by atoms with Crippen LogP contribution in [0.3, 0.4) is 0 Å². The molecule has 28 heavy (non-hydrogen) atoms. The van der Waals surface area contributed by atoms with Crippen LogP contribution in [0.4, 0.5) is 10.3 Å². The third-order valence-corrected chi connectivity index (χ3v) is 4.75. The van der Waals surface area contributed by atoms with E-state index in [1.807, 2.05) is 18.2 Å². The number of methoxy groups -OCH3 is 1. The summed E-state index contributed by atoms with van der Waals surface area (Å²) in [5.74, 6) is 0.0559. The summed E-state index contributed by atoms with van der Waals surface area (Å²) < 4.78 is 20.3. The topological polar surface area (TPSA) is 56.1 Å². The molecule has 3 rings (SSSR count). The zero-order valence-electron chi connectivity index (χ0n) is 15.7. The largest absolute Gasteiger partial charge is 0.490 e. The lowest BCUT2D eigenvalue weighted by Gasteiger charge is -2.16. The number of halogens is 2. The molecule has 0 aliphatic heterocycles. The van der Waals surface area contributed by atoms with Gasteiger partial charge in [-0.05, 0) is 35.2 Å². The molecule has 0 radical (unpaired) electrons. The maximum atomic E-state index is 13.4. The van der Waals surface area contributed by atoms with E-state index in [1.165, 1.54) is 18.7 Å². The lowest BCUT2D eigenvalue weighted by atomic mass is 10.1. The fourth-order valence-corrected chi connectivity index (χ4v) is 3.16. The molecule has 0 unspecified atom stereocenters. The van der Waals surface area contributed by atoms with Crippen molar-refractivity contribution in [3.8, 4) is 5.75 Å². The van der Waals surface area contributed by atoms with Crippen molar-refractivity contribution in [1.29, 1.82) is 0 Å². The molecule has 0 atom stereocenters. The van der Waals surface area contributed by atoms with Crippen LogP contribution in [0.2, 0.25) is 5.02 Å². The summed E-state index contributed by atoms with van der Waals surface area (Å²) in [6.07, 6.45) is 2.50. The van der Waals surface area contributed by atoms with E-state index in [4.69, 9.17) is 16.3 Å². The minimum absolute atomic E-state index is 0.0462. The number of ether oxygens (including phenoxy) is 1. The summed E-state index contributed by atoms with van der Waals surface area (Å²) >= 11 is 5.89. The highest BCUT2D eigenvalue weighted by Crippen LogP contribution is 2.19. The molecule has 7 heteroatoms. The highest BCUT2D eigenvalue weighted by Gasteiger charge is 2.11. The minimum Gasteiger partial charge on any atom is -0.490 e. The summed E-state index contributed by atoms with van der Waals surface area (Å²) in [4.78, 5) is 16.3. The van der Waals surface area contributed by atoms with Crippen LogP contribution in [0.25, 0.3) is 0 Å². The van der Waals surface area contributed by atoms with Gasteiger partial charge in [-0.1, -0.05) is 48.9 Å². The van der Waals surface area contributed by atoms with Crippen molar-refractivity contribution in [1.82, 2.24) is 9.55 Å². The lowest BCUT2D eigenvalue weighted by molar-refractivity contribution is 0.402. The summed E-state index contributed by atoms with van der Waals surface area (Å²) in [5, 5.41) is 3.28. The van der Waals surface area contributed by atoms with E-state index in [2.05, 4.69) is 23.3 Å². The molecule has 0 fully saturated rings. The molecule has 0 amide bonds. The van der Waals surface area contributed by atoms with Gasteiger partial charge < -0.3 is 14.6 Å². The molecule has 0 spiro atoms. The number of aromatic nitrogens is 2. The third-order valence-electron chi connectivity index (χ3n) is 4.46. The van der Waals surface area contributed by atoms with E-state index in [0.717, 1.165) is 17.5 Å². The van der Waals surface area contributed by atoms with Crippen molar-refractivity contribution in [2.75, 3.05) is 12.4 Å². The molecule has 1 aromatic heterocycles. The number of hydrogen-bond acceptors (Lipinski definition) is 4. The maximum absolute atomic E-state index is 13.4. The Balaban J connectivity index is 1.91. The zero-order valence-corrected chi connectivity index (χ0v) is 16.5. The number of anilines is 1. The first-order chi connectivity index (χ1) is 13.5. The Morgan fingerprint density at radius 3 is 2.64 bits per heavy atom. The molecule has 1 N–H and O–H groups in total. The van der Waals surface area contributed by atoms with Gasteiger partial charge in [0.2, 0.25) is 11.7 Å². The van der Waals surface area contributed by atoms with Crippen LogP contribution in [-0.4, -0.2) is 16.7 Å². The molecule has 0 saturated carbocycles. The molecule has 0 aliphatic carbocycles. The van der Waals surface area contributed by atoms with Crippen LogP contribution in [-0.2, 0) is 19.5 Å². The molecular formula is C21H21ClFN3O2. The van der Waals surface area contributed by atoms with Gasteiger partial charge in [0.05, 0.1) is 24.9 Å². The Hall–Kier alpha value is -2.86.